The van der Waals surface area contributed by atoms with E-state index in [1.807, 2.05) is 20.8 Å². The first-order valence-corrected chi connectivity index (χ1v) is 10.4. The van der Waals surface area contributed by atoms with Gasteiger partial charge < -0.3 is 15.4 Å². The number of nitrogens with zero attached hydrogens (tertiary/aromatic N) is 1. The molecule has 0 saturated carbocycles. The van der Waals surface area contributed by atoms with Crippen LogP contribution < -0.4 is 15.4 Å². The first kappa shape index (κ1) is 24.9. The van der Waals surface area contributed by atoms with Gasteiger partial charge in [-0.25, -0.2) is 17.8 Å². The lowest BCUT2D eigenvalue weighted by atomic mass is 10.3. The number of halogens is 2. The van der Waals surface area contributed by atoms with Gasteiger partial charge in [0.05, 0.1) is 12.3 Å². The van der Waals surface area contributed by atoms with Gasteiger partial charge in [0.1, 0.15) is 27.5 Å². The van der Waals surface area contributed by atoms with Gasteiger partial charge in [0.2, 0.25) is 0 Å². The Morgan fingerprint density at radius 1 is 1.27 bits per heavy atom. The van der Waals surface area contributed by atoms with E-state index in [1.54, 1.807) is 12.1 Å². The molecule has 0 aliphatic heterocycles. The lowest BCUT2D eigenvalue weighted by Crippen LogP contribution is -2.43. The summed E-state index contributed by atoms with van der Waals surface area (Å²) in [7, 11) is -2.98. The van der Waals surface area contributed by atoms with Gasteiger partial charge in [-0.15, -0.1) is 24.0 Å². The van der Waals surface area contributed by atoms with E-state index in [2.05, 4.69) is 15.6 Å². The second-order valence-electron chi connectivity index (χ2n) is 6.07. The summed E-state index contributed by atoms with van der Waals surface area (Å²) in [6.07, 6.45) is 1.55. The summed E-state index contributed by atoms with van der Waals surface area (Å²) in [4.78, 5) is 4.46. The van der Waals surface area contributed by atoms with E-state index in [4.69, 9.17) is 4.74 Å². The van der Waals surface area contributed by atoms with E-state index in [1.165, 1.54) is 18.4 Å². The minimum Gasteiger partial charge on any atom is -0.489 e. The maximum Gasteiger partial charge on any atom is 0.191 e. The second-order valence-corrected chi connectivity index (χ2v) is 8.33. The topological polar surface area (TPSA) is 79.8 Å². The van der Waals surface area contributed by atoms with Crippen molar-refractivity contribution in [2.75, 3.05) is 25.1 Å². The molecule has 1 aromatic carbocycles. The molecule has 2 atom stereocenters. The molecule has 1 rings (SSSR count). The molecule has 150 valence electrons. The van der Waals surface area contributed by atoms with Crippen LogP contribution in [0.5, 0.6) is 5.75 Å². The Balaban J connectivity index is 0.00000625. The zero-order valence-corrected chi connectivity index (χ0v) is 18.8. The zero-order valence-electron chi connectivity index (χ0n) is 15.7. The van der Waals surface area contributed by atoms with Crippen LogP contribution in [0.2, 0.25) is 0 Å². The van der Waals surface area contributed by atoms with Gasteiger partial charge in [-0.05, 0) is 51.5 Å². The van der Waals surface area contributed by atoms with Crippen LogP contribution >= 0.6 is 24.0 Å². The zero-order chi connectivity index (χ0) is 18.9. The van der Waals surface area contributed by atoms with E-state index in [0.717, 1.165) is 0 Å². The van der Waals surface area contributed by atoms with E-state index in [9.17, 15) is 12.8 Å². The Morgan fingerprint density at radius 3 is 2.42 bits per heavy atom. The van der Waals surface area contributed by atoms with Gasteiger partial charge in [-0.1, -0.05) is 0 Å². The van der Waals surface area contributed by atoms with E-state index in [-0.39, 0.29) is 47.7 Å². The Labute approximate surface area is 172 Å². The first-order valence-electron chi connectivity index (χ1n) is 8.34. The molecule has 0 aromatic heterocycles. The van der Waals surface area contributed by atoms with Gasteiger partial charge in [0.25, 0.3) is 0 Å². The molecule has 0 bridgehead atoms. The van der Waals surface area contributed by atoms with Gasteiger partial charge >= 0.3 is 0 Å². The molecule has 0 heterocycles. The predicted octanol–water partition coefficient (Wildman–Crippen LogP) is 2.59. The number of rotatable bonds is 9. The normalized spacial score (nSPS) is 14.1. The fraction of sp³-hybridized carbons (Fsp3) is 0.588. The van der Waals surface area contributed by atoms with Crippen molar-refractivity contribution in [2.24, 2.45) is 4.99 Å². The molecule has 1 aromatic rings. The van der Waals surface area contributed by atoms with Crippen LogP contribution in [-0.2, 0) is 9.84 Å². The highest BCUT2D eigenvalue weighted by Gasteiger charge is 2.10. The van der Waals surface area contributed by atoms with Crippen LogP contribution in [0.1, 0.15) is 27.2 Å². The Bertz CT molecular complexity index is 654. The van der Waals surface area contributed by atoms with E-state index in [0.29, 0.717) is 31.2 Å². The van der Waals surface area contributed by atoms with Gasteiger partial charge in [0, 0.05) is 18.8 Å². The molecule has 0 amide bonds. The number of hydrogen-bond donors (Lipinski definition) is 2. The van der Waals surface area contributed by atoms with Crippen LogP contribution in [0.4, 0.5) is 4.39 Å². The second kappa shape index (κ2) is 12.3. The molecular formula is C17H29FIN3O3S. The van der Waals surface area contributed by atoms with E-state index < -0.39 is 9.84 Å². The number of ether oxygens (including phenoxy) is 1. The molecule has 0 saturated heterocycles. The Hall–Kier alpha value is -1.10. The molecule has 0 radical (unpaired) electrons. The van der Waals surface area contributed by atoms with Crippen molar-refractivity contribution in [1.82, 2.24) is 10.6 Å². The van der Waals surface area contributed by atoms with E-state index >= 15 is 0 Å². The fourth-order valence-corrected chi connectivity index (χ4v) is 2.80. The Morgan fingerprint density at radius 2 is 1.88 bits per heavy atom. The summed E-state index contributed by atoms with van der Waals surface area (Å²) >= 11 is 0. The molecule has 2 unspecified atom stereocenters. The number of aliphatic imine (C=N–C) groups is 1. The molecule has 9 heteroatoms. The summed E-state index contributed by atoms with van der Waals surface area (Å²) in [5, 5.41) is 6.31. The van der Waals surface area contributed by atoms with Crippen LogP contribution in [0, 0.1) is 5.82 Å². The molecular weight excluding hydrogens is 472 g/mol. The van der Waals surface area contributed by atoms with Gasteiger partial charge in [0.15, 0.2) is 5.96 Å². The minimum absolute atomic E-state index is 0. The maximum absolute atomic E-state index is 12.9. The monoisotopic (exact) mass is 501 g/mol. The third-order valence-electron chi connectivity index (χ3n) is 3.31. The summed E-state index contributed by atoms with van der Waals surface area (Å²) in [5.74, 6) is 1.02. The first-order chi connectivity index (χ1) is 11.7. The molecule has 0 aliphatic rings. The predicted molar refractivity (Wildman–Crippen MR) is 115 cm³/mol. The van der Waals surface area contributed by atoms with Gasteiger partial charge in [-0.3, -0.25) is 0 Å². The van der Waals surface area contributed by atoms with Crippen molar-refractivity contribution < 1.29 is 17.5 Å². The molecule has 0 fully saturated rings. The van der Waals surface area contributed by atoms with Crippen molar-refractivity contribution in [2.45, 2.75) is 39.3 Å². The molecule has 2 N–H and O–H groups in total. The van der Waals surface area contributed by atoms with Crippen molar-refractivity contribution >= 4 is 39.8 Å². The number of nitrogens with one attached hydrogen (secondary N) is 2. The standard InChI is InChI=1S/C17H28FN3O3S.HI/c1-5-19-17(21-13(2)10-11-25(4,22)23)20-12-14(3)24-16-8-6-15(18)7-9-16;/h6-9,13-14H,5,10-12H2,1-4H3,(H2,19,20,21);1H. The average molecular weight is 501 g/mol. The molecule has 26 heavy (non-hydrogen) atoms. The van der Waals surface area contributed by atoms with Crippen LogP contribution in [0.3, 0.4) is 0 Å². The highest BCUT2D eigenvalue weighted by molar-refractivity contribution is 14.0. The third kappa shape index (κ3) is 11.5. The largest absolute Gasteiger partial charge is 0.489 e. The number of sulfone groups is 1. The molecule has 0 aliphatic carbocycles. The lowest BCUT2D eigenvalue weighted by molar-refractivity contribution is 0.230. The van der Waals surface area contributed by atoms with Crippen molar-refractivity contribution in [1.29, 1.82) is 0 Å². The smallest absolute Gasteiger partial charge is 0.191 e. The average Bonchev–Trinajstić information content (AvgIpc) is 2.52. The van der Waals surface area contributed by atoms with Crippen molar-refractivity contribution in [3.05, 3.63) is 30.1 Å². The lowest BCUT2D eigenvalue weighted by Gasteiger charge is -2.18. The Kier molecular flexibility index (Phi) is 11.8. The third-order valence-corrected chi connectivity index (χ3v) is 4.28. The fourth-order valence-electron chi connectivity index (χ4n) is 2.02. The van der Waals surface area contributed by atoms with Crippen molar-refractivity contribution in [3.8, 4) is 5.75 Å². The quantitative estimate of drug-likeness (QED) is 0.309. The van der Waals surface area contributed by atoms with Crippen LogP contribution in [0.15, 0.2) is 29.3 Å². The summed E-state index contributed by atoms with van der Waals surface area (Å²) in [6.45, 7) is 6.85. The van der Waals surface area contributed by atoms with Crippen molar-refractivity contribution in [3.63, 3.8) is 0 Å². The number of guanidine groups is 1. The summed E-state index contributed by atoms with van der Waals surface area (Å²) in [6, 6.07) is 5.82. The number of benzene rings is 1. The maximum atomic E-state index is 12.9. The minimum atomic E-state index is -2.98. The highest BCUT2D eigenvalue weighted by atomic mass is 127. The highest BCUT2D eigenvalue weighted by Crippen LogP contribution is 2.13. The van der Waals surface area contributed by atoms with Gasteiger partial charge in [-0.2, -0.15) is 0 Å². The summed E-state index contributed by atoms with van der Waals surface area (Å²) < 4.78 is 41.1. The molecule has 0 spiro atoms. The molecule has 6 nitrogen and oxygen atoms in total. The summed E-state index contributed by atoms with van der Waals surface area (Å²) in [5.41, 5.74) is 0. The van der Waals surface area contributed by atoms with Crippen LogP contribution in [0.25, 0.3) is 0 Å². The SMILES string of the molecule is CCNC(=NCC(C)Oc1ccc(F)cc1)NC(C)CCS(C)(=O)=O.I. The van der Waals surface area contributed by atoms with Crippen LogP contribution in [-0.4, -0.2) is 51.6 Å². The number of hydrogen-bond acceptors (Lipinski definition) is 4.